The van der Waals surface area contributed by atoms with Gasteiger partial charge in [0, 0.05) is 70.8 Å². The van der Waals surface area contributed by atoms with Gasteiger partial charge in [0.2, 0.25) is 12.3 Å². The van der Waals surface area contributed by atoms with Crippen LogP contribution in [-0.4, -0.2) is 85.7 Å². The van der Waals surface area contributed by atoms with Crippen LogP contribution >= 0.6 is 0 Å². The second kappa shape index (κ2) is 14.9. The minimum absolute atomic E-state index is 0.0651. The molecule has 2 amide bonds. The summed E-state index contributed by atoms with van der Waals surface area (Å²) in [6.45, 7) is 9.89. The van der Waals surface area contributed by atoms with Crippen molar-refractivity contribution in [2.24, 2.45) is 5.41 Å². The molecule has 1 aromatic heterocycles. The third-order valence-corrected chi connectivity index (χ3v) is 7.50. The van der Waals surface area contributed by atoms with Gasteiger partial charge < -0.3 is 24.6 Å². The average molecular weight is 559 g/mol. The Morgan fingerprint density at radius 2 is 2.03 bits per heavy atom. The summed E-state index contributed by atoms with van der Waals surface area (Å²) in [5.74, 6) is -0.117. The van der Waals surface area contributed by atoms with Gasteiger partial charge in [0.1, 0.15) is 0 Å². The minimum atomic E-state index is -4.49. The van der Waals surface area contributed by atoms with E-state index in [0.717, 1.165) is 25.1 Å². The molecule has 4 atom stereocenters. The fourth-order valence-electron chi connectivity index (χ4n) is 5.72. The smallest absolute Gasteiger partial charge is 0.379 e. The predicted molar refractivity (Wildman–Crippen MR) is 143 cm³/mol. The number of carbonyl (C=O) groups excluding carboxylic acids is 2. The number of nitrogens with one attached hydrogen (secondary N) is 1. The Morgan fingerprint density at radius 1 is 1.31 bits per heavy atom. The quantitative estimate of drug-likeness (QED) is 0.509. The number of rotatable bonds is 7. The molecule has 1 aliphatic carbocycles. The zero-order chi connectivity index (χ0) is 29.2. The molecule has 222 valence electrons. The molecule has 39 heavy (non-hydrogen) atoms. The SMILES string of the molecule is CC.CC.COC1COCCC1NC1CC[C@](CN(C)C=O)(C(=O)N2CCc3ncc(C(F)(F)F)cc3C2)C1. The molecule has 2 fully saturated rings. The lowest BCUT2D eigenvalue weighted by atomic mass is 9.82. The zero-order valence-corrected chi connectivity index (χ0v) is 24.1. The maximum absolute atomic E-state index is 13.9. The minimum Gasteiger partial charge on any atom is -0.379 e. The second-order valence-electron chi connectivity index (χ2n) is 9.96. The molecule has 0 aromatic carbocycles. The molecule has 3 unspecified atom stereocenters. The monoisotopic (exact) mass is 558 g/mol. The van der Waals surface area contributed by atoms with Gasteiger partial charge >= 0.3 is 6.18 Å². The molecule has 0 bridgehead atoms. The Balaban J connectivity index is 0.00000127. The van der Waals surface area contributed by atoms with E-state index < -0.39 is 17.2 Å². The van der Waals surface area contributed by atoms with E-state index in [1.165, 1.54) is 4.90 Å². The van der Waals surface area contributed by atoms with Crippen LogP contribution in [0.15, 0.2) is 12.3 Å². The van der Waals surface area contributed by atoms with Crippen molar-refractivity contribution in [1.29, 1.82) is 0 Å². The number of hydrogen-bond acceptors (Lipinski definition) is 6. The van der Waals surface area contributed by atoms with E-state index in [2.05, 4.69) is 10.3 Å². The number of alkyl halides is 3. The van der Waals surface area contributed by atoms with Gasteiger partial charge in [-0.2, -0.15) is 13.2 Å². The number of fused-ring (bicyclic) bond motifs is 1. The van der Waals surface area contributed by atoms with Crippen molar-refractivity contribution in [2.75, 3.05) is 40.5 Å². The molecule has 2 aliphatic heterocycles. The van der Waals surface area contributed by atoms with Crippen LogP contribution < -0.4 is 5.32 Å². The van der Waals surface area contributed by atoms with Crippen molar-refractivity contribution in [2.45, 2.75) is 90.7 Å². The molecule has 4 rings (SSSR count). The van der Waals surface area contributed by atoms with E-state index in [1.807, 2.05) is 27.7 Å². The number of aromatic nitrogens is 1. The second-order valence-corrected chi connectivity index (χ2v) is 9.96. The molecule has 8 nitrogen and oxygen atoms in total. The summed E-state index contributed by atoms with van der Waals surface area (Å²) in [6, 6.07) is 1.28. The summed E-state index contributed by atoms with van der Waals surface area (Å²) in [5.41, 5.74) is -0.586. The fraction of sp³-hybridized carbons (Fsp3) is 0.750. The molecule has 0 radical (unpaired) electrons. The first-order valence-corrected chi connectivity index (χ1v) is 14.0. The van der Waals surface area contributed by atoms with Crippen LogP contribution in [0.1, 0.15) is 70.2 Å². The standard InChI is InChI=1S/C24H33F3N4O4.2C2H6/c1-30(15-32)14-23(6-3-18(10-23)29-20-5-8-35-13-21(20)34-2)22(33)31-7-4-19-16(12-31)9-17(11-28-19)24(25,26)27;2*1-2/h9,11,15,18,20-21,29H,3-8,10,12-14H2,1-2H3;2*1-2H3/t18?,20?,21?,23-;;/m0../s1. The first kappa shape index (κ1) is 33.0. The van der Waals surface area contributed by atoms with Crippen molar-refractivity contribution in [3.05, 3.63) is 29.1 Å². The van der Waals surface area contributed by atoms with Crippen LogP contribution in [0.5, 0.6) is 0 Å². The number of hydrogen-bond donors (Lipinski definition) is 1. The van der Waals surface area contributed by atoms with Crippen molar-refractivity contribution in [1.82, 2.24) is 20.1 Å². The normalized spacial score (nSPS) is 26.4. The van der Waals surface area contributed by atoms with E-state index >= 15 is 0 Å². The van der Waals surface area contributed by atoms with Crippen molar-refractivity contribution >= 4 is 12.3 Å². The average Bonchev–Trinajstić information content (AvgIpc) is 3.37. The Bertz CT molecular complexity index is 933. The molecule has 0 spiro atoms. The molecule has 3 aliphatic rings. The van der Waals surface area contributed by atoms with Gasteiger partial charge in [0.25, 0.3) is 0 Å². The molecule has 1 saturated heterocycles. The number of amides is 2. The Kier molecular flexibility index (Phi) is 12.6. The first-order valence-electron chi connectivity index (χ1n) is 14.0. The lowest BCUT2D eigenvalue weighted by Crippen LogP contribution is -2.52. The number of halogens is 3. The third-order valence-electron chi connectivity index (χ3n) is 7.50. The maximum Gasteiger partial charge on any atom is 0.417 e. The summed E-state index contributed by atoms with van der Waals surface area (Å²) in [7, 11) is 3.30. The molecular weight excluding hydrogens is 513 g/mol. The molecule has 1 aromatic rings. The lowest BCUT2D eigenvalue weighted by molar-refractivity contribution is -0.144. The van der Waals surface area contributed by atoms with E-state index in [-0.39, 0.29) is 37.2 Å². The lowest BCUT2D eigenvalue weighted by Gasteiger charge is -2.39. The van der Waals surface area contributed by atoms with E-state index in [9.17, 15) is 22.8 Å². The van der Waals surface area contributed by atoms with Crippen molar-refractivity contribution in [3.8, 4) is 0 Å². The molecule has 11 heteroatoms. The van der Waals surface area contributed by atoms with Crippen LogP contribution in [0.25, 0.3) is 0 Å². The highest BCUT2D eigenvalue weighted by atomic mass is 19.4. The van der Waals surface area contributed by atoms with Gasteiger partial charge in [-0.1, -0.05) is 27.7 Å². The van der Waals surface area contributed by atoms with Gasteiger partial charge in [-0.25, -0.2) is 0 Å². The van der Waals surface area contributed by atoms with Crippen LogP contribution in [0.3, 0.4) is 0 Å². The van der Waals surface area contributed by atoms with Crippen molar-refractivity contribution in [3.63, 3.8) is 0 Å². The molecular formula is C28H45F3N4O4. The maximum atomic E-state index is 13.9. The Labute approximate surface area is 230 Å². The molecule has 1 N–H and O–H groups in total. The summed E-state index contributed by atoms with van der Waals surface area (Å²) < 4.78 is 50.7. The fourth-order valence-corrected chi connectivity index (χ4v) is 5.72. The first-order chi connectivity index (χ1) is 18.6. The van der Waals surface area contributed by atoms with Gasteiger partial charge in [0.05, 0.1) is 23.7 Å². The topological polar surface area (TPSA) is 84.0 Å². The largest absolute Gasteiger partial charge is 0.417 e. The van der Waals surface area contributed by atoms with Crippen LogP contribution in [0.4, 0.5) is 13.2 Å². The number of ether oxygens (including phenoxy) is 2. The van der Waals surface area contributed by atoms with E-state index in [1.54, 1.807) is 19.1 Å². The summed E-state index contributed by atoms with van der Waals surface area (Å²) in [6.07, 6.45) is 0.108. The Morgan fingerprint density at radius 3 is 2.67 bits per heavy atom. The molecule has 3 heterocycles. The van der Waals surface area contributed by atoms with Crippen LogP contribution in [0.2, 0.25) is 0 Å². The van der Waals surface area contributed by atoms with Crippen LogP contribution in [-0.2, 0) is 38.2 Å². The van der Waals surface area contributed by atoms with E-state index in [0.29, 0.717) is 56.7 Å². The highest BCUT2D eigenvalue weighted by Gasteiger charge is 2.49. The van der Waals surface area contributed by atoms with Gasteiger partial charge in [-0.3, -0.25) is 14.6 Å². The Hall–Kier alpha value is -2.24. The number of nitrogens with zero attached hydrogens (tertiary/aromatic N) is 3. The third kappa shape index (κ3) is 8.14. The summed E-state index contributed by atoms with van der Waals surface area (Å²) >= 11 is 0. The molecule has 1 saturated carbocycles. The van der Waals surface area contributed by atoms with E-state index in [4.69, 9.17) is 9.47 Å². The predicted octanol–water partition coefficient (Wildman–Crippen LogP) is 4.06. The highest BCUT2D eigenvalue weighted by Crippen LogP contribution is 2.42. The number of carbonyl (C=O) groups is 2. The zero-order valence-electron chi connectivity index (χ0n) is 24.1. The summed E-state index contributed by atoms with van der Waals surface area (Å²) in [4.78, 5) is 32.5. The van der Waals surface area contributed by atoms with Crippen LogP contribution in [0, 0.1) is 5.41 Å². The van der Waals surface area contributed by atoms with Gasteiger partial charge in [0.15, 0.2) is 0 Å². The van der Waals surface area contributed by atoms with Gasteiger partial charge in [-0.15, -0.1) is 0 Å². The number of methoxy groups -OCH3 is 1. The highest BCUT2D eigenvalue weighted by molar-refractivity contribution is 5.84. The number of pyridine rings is 1. The summed E-state index contributed by atoms with van der Waals surface area (Å²) in [5, 5.41) is 3.64. The van der Waals surface area contributed by atoms with Crippen molar-refractivity contribution < 1.29 is 32.2 Å². The van der Waals surface area contributed by atoms with Gasteiger partial charge in [-0.05, 0) is 37.3 Å².